The van der Waals surface area contributed by atoms with Gasteiger partial charge in [0.05, 0.1) is 5.69 Å². The van der Waals surface area contributed by atoms with Crippen molar-refractivity contribution in [1.29, 1.82) is 0 Å². The van der Waals surface area contributed by atoms with Gasteiger partial charge in [0.15, 0.2) is 0 Å². The van der Waals surface area contributed by atoms with E-state index in [0.717, 1.165) is 48.3 Å². The van der Waals surface area contributed by atoms with Crippen molar-refractivity contribution in [2.45, 2.75) is 26.2 Å². The molecule has 3 heteroatoms. The quantitative estimate of drug-likeness (QED) is 0.857. The van der Waals surface area contributed by atoms with E-state index in [9.17, 15) is 4.79 Å². The maximum Gasteiger partial charge on any atom is 0.321 e. The summed E-state index contributed by atoms with van der Waals surface area (Å²) in [5.74, 6) is 0. The van der Waals surface area contributed by atoms with Gasteiger partial charge in [0.2, 0.25) is 0 Å². The van der Waals surface area contributed by atoms with Gasteiger partial charge >= 0.3 is 6.03 Å². The Morgan fingerprint density at radius 2 is 1.68 bits per heavy atom. The summed E-state index contributed by atoms with van der Waals surface area (Å²) < 4.78 is 0. The van der Waals surface area contributed by atoms with Crippen LogP contribution >= 0.6 is 0 Å². The van der Waals surface area contributed by atoms with Crippen molar-refractivity contribution in [3.63, 3.8) is 0 Å². The fourth-order valence-electron chi connectivity index (χ4n) is 2.97. The second kappa shape index (κ2) is 6.65. The van der Waals surface area contributed by atoms with Gasteiger partial charge < -0.3 is 10.2 Å². The summed E-state index contributed by atoms with van der Waals surface area (Å²) in [7, 11) is 0. The molecule has 2 aromatic carbocycles. The average Bonchev–Trinajstić information content (AvgIpc) is 2.58. The Morgan fingerprint density at radius 1 is 0.955 bits per heavy atom. The zero-order chi connectivity index (χ0) is 15.4. The van der Waals surface area contributed by atoms with E-state index in [0.29, 0.717) is 0 Å². The van der Waals surface area contributed by atoms with E-state index in [2.05, 4.69) is 23.5 Å². The van der Waals surface area contributed by atoms with E-state index in [-0.39, 0.29) is 6.03 Å². The van der Waals surface area contributed by atoms with E-state index < -0.39 is 0 Å². The molecule has 0 radical (unpaired) electrons. The maximum absolute atomic E-state index is 12.5. The third-order valence-corrected chi connectivity index (χ3v) is 4.23. The number of carbonyl (C=O) groups excluding carboxylic acids is 1. The Hall–Kier alpha value is -2.29. The fraction of sp³-hybridized carbons (Fsp3) is 0.316. The van der Waals surface area contributed by atoms with E-state index in [4.69, 9.17) is 0 Å². The molecule has 0 spiro atoms. The van der Waals surface area contributed by atoms with Gasteiger partial charge in [0.25, 0.3) is 0 Å². The number of rotatable bonds is 2. The van der Waals surface area contributed by atoms with Gasteiger partial charge in [-0.1, -0.05) is 48.5 Å². The van der Waals surface area contributed by atoms with Crippen molar-refractivity contribution in [3.8, 4) is 11.1 Å². The third kappa shape index (κ3) is 3.14. The monoisotopic (exact) mass is 294 g/mol. The molecule has 1 N–H and O–H groups in total. The molecule has 3 rings (SSSR count). The van der Waals surface area contributed by atoms with E-state index in [1.165, 1.54) is 6.42 Å². The molecule has 0 unspecified atom stereocenters. The smallest absolute Gasteiger partial charge is 0.321 e. The number of benzene rings is 2. The number of piperidine rings is 1. The van der Waals surface area contributed by atoms with Crippen LogP contribution in [0.3, 0.4) is 0 Å². The normalized spacial score (nSPS) is 14.7. The molecule has 114 valence electrons. The molecule has 0 bridgehead atoms. The molecule has 0 aromatic heterocycles. The lowest BCUT2D eigenvalue weighted by Gasteiger charge is -2.27. The zero-order valence-corrected chi connectivity index (χ0v) is 13.0. The Kier molecular flexibility index (Phi) is 4.42. The second-order valence-corrected chi connectivity index (χ2v) is 5.84. The number of para-hydroxylation sites is 1. The van der Waals surface area contributed by atoms with Crippen LogP contribution in [0.1, 0.15) is 24.8 Å². The molecule has 2 aromatic rings. The first-order chi connectivity index (χ1) is 10.8. The van der Waals surface area contributed by atoms with Crippen LogP contribution in [0.15, 0.2) is 48.5 Å². The minimum absolute atomic E-state index is 0.0196. The first kappa shape index (κ1) is 14.6. The number of carbonyl (C=O) groups is 1. The minimum Gasteiger partial charge on any atom is -0.325 e. The molecule has 2 amide bonds. The van der Waals surface area contributed by atoms with Gasteiger partial charge in [-0.05, 0) is 37.3 Å². The van der Waals surface area contributed by atoms with Crippen LogP contribution in [0.25, 0.3) is 11.1 Å². The summed E-state index contributed by atoms with van der Waals surface area (Å²) in [6.07, 6.45) is 3.43. The first-order valence-corrected chi connectivity index (χ1v) is 7.96. The number of anilines is 1. The van der Waals surface area contributed by atoms with Crippen molar-refractivity contribution in [3.05, 3.63) is 54.1 Å². The zero-order valence-electron chi connectivity index (χ0n) is 13.0. The molecule has 3 nitrogen and oxygen atoms in total. The SMILES string of the molecule is Cc1cccc(-c2ccccc2)c1NC(=O)N1CCCCC1. The summed E-state index contributed by atoms with van der Waals surface area (Å²) in [4.78, 5) is 14.4. The molecule has 1 aliphatic heterocycles. The number of likely N-dealkylation sites (tertiary alicyclic amines) is 1. The highest BCUT2D eigenvalue weighted by Crippen LogP contribution is 2.31. The number of amides is 2. The Balaban J connectivity index is 1.88. The van der Waals surface area contributed by atoms with Crippen molar-refractivity contribution < 1.29 is 4.79 Å². The molecule has 22 heavy (non-hydrogen) atoms. The molecular formula is C19H22N2O. The molecule has 0 saturated carbocycles. The summed E-state index contributed by atoms with van der Waals surface area (Å²) in [6.45, 7) is 3.76. The molecule has 0 aliphatic carbocycles. The molecule has 1 aliphatic rings. The number of hydrogen-bond donors (Lipinski definition) is 1. The van der Waals surface area contributed by atoms with Crippen LogP contribution in [-0.4, -0.2) is 24.0 Å². The van der Waals surface area contributed by atoms with E-state index in [1.54, 1.807) is 0 Å². The summed E-state index contributed by atoms with van der Waals surface area (Å²) in [5, 5.41) is 3.13. The predicted octanol–water partition coefficient (Wildman–Crippen LogP) is 4.68. The maximum atomic E-state index is 12.5. The number of aryl methyl sites for hydroxylation is 1. The lowest BCUT2D eigenvalue weighted by molar-refractivity contribution is 0.200. The molecule has 1 saturated heterocycles. The van der Waals surface area contributed by atoms with Crippen molar-refractivity contribution >= 4 is 11.7 Å². The molecule has 1 fully saturated rings. The lowest BCUT2D eigenvalue weighted by atomic mass is 10.0. The third-order valence-electron chi connectivity index (χ3n) is 4.23. The fourth-order valence-corrected chi connectivity index (χ4v) is 2.97. The largest absolute Gasteiger partial charge is 0.325 e. The van der Waals surface area contributed by atoms with E-state index in [1.807, 2.05) is 42.2 Å². The van der Waals surface area contributed by atoms with Gasteiger partial charge in [-0.15, -0.1) is 0 Å². The number of nitrogens with one attached hydrogen (secondary N) is 1. The summed E-state index contributed by atoms with van der Waals surface area (Å²) in [5.41, 5.74) is 4.21. The highest BCUT2D eigenvalue weighted by Gasteiger charge is 2.18. The number of nitrogens with zero attached hydrogens (tertiary/aromatic N) is 1. The van der Waals surface area contributed by atoms with Crippen molar-refractivity contribution in [1.82, 2.24) is 4.90 Å². The highest BCUT2D eigenvalue weighted by molar-refractivity contribution is 5.95. The van der Waals surface area contributed by atoms with Crippen molar-refractivity contribution in [2.75, 3.05) is 18.4 Å². The molecule has 0 atom stereocenters. The highest BCUT2D eigenvalue weighted by atomic mass is 16.2. The van der Waals surface area contributed by atoms with Gasteiger partial charge in [-0.2, -0.15) is 0 Å². The Labute approximate surface area is 132 Å². The van der Waals surface area contributed by atoms with Crippen LogP contribution in [0.2, 0.25) is 0 Å². The van der Waals surface area contributed by atoms with Gasteiger partial charge in [0.1, 0.15) is 0 Å². The minimum atomic E-state index is 0.0196. The topological polar surface area (TPSA) is 32.3 Å². The predicted molar refractivity (Wildman–Crippen MR) is 91.1 cm³/mol. The average molecular weight is 294 g/mol. The molecular weight excluding hydrogens is 272 g/mol. The van der Waals surface area contributed by atoms with Crippen LogP contribution < -0.4 is 5.32 Å². The van der Waals surface area contributed by atoms with Gasteiger partial charge in [-0.25, -0.2) is 4.79 Å². The number of hydrogen-bond acceptors (Lipinski definition) is 1. The lowest BCUT2D eigenvalue weighted by Crippen LogP contribution is -2.38. The second-order valence-electron chi connectivity index (χ2n) is 5.84. The Morgan fingerprint density at radius 3 is 2.41 bits per heavy atom. The standard InChI is InChI=1S/C19H22N2O/c1-15-9-8-12-17(16-10-4-2-5-11-16)18(15)20-19(22)21-13-6-3-7-14-21/h2,4-5,8-12H,3,6-7,13-14H2,1H3,(H,20,22). The first-order valence-electron chi connectivity index (χ1n) is 7.96. The van der Waals surface area contributed by atoms with Crippen LogP contribution in [0, 0.1) is 6.92 Å². The van der Waals surface area contributed by atoms with Crippen molar-refractivity contribution in [2.24, 2.45) is 0 Å². The van der Waals surface area contributed by atoms with Crippen LogP contribution in [-0.2, 0) is 0 Å². The summed E-state index contributed by atoms with van der Waals surface area (Å²) in [6, 6.07) is 16.4. The van der Waals surface area contributed by atoms with Gasteiger partial charge in [0, 0.05) is 18.7 Å². The van der Waals surface area contributed by atoms with Crippen LogP contribution in [0.5, 0.6) is 0 Å². The van der Waals surface area contributed by atoms with Crippen LogP contribution in [0.4, 0.5) is 10.5 Å². The summed E-state index contributed by atoms with van der Waals surface area (Å²) >= 11 is 0. The number of urea groups is 1. The Bertz CT molecular complexity index is 646. The van der Waals surface area contributed by atoms with Gasteiger partial charge in [-0.3, -0.25) is 0 Å². The molecule has 1 heterocycles. The van der Waals surface area contributed by atoms with E-state index >= 15 is 0 Å².